The Morgan fingerprint density at radius 1 is 1.19 bits per heavy atom. The van der Waals surface area contributed by atoms with Crippen molar-refractivity contribution in [2.24, 2.45) is 0 Å². The fourth-order valence-electron chi connectivity index (χ4n) is 3.17. The predicted octanol–water partition coefficient (Wildman–Crippen LogP) is 3.17. The normalized spacial score (nSPS) is 18.9. The number of hydrogen-bond donors (Lipinski definition) is 1. The van der Waals surface area contributed by atoms with Crippen molar-refractivity contribution in [1.29, 1.82) is 0 Å². The van der Waals surface area contributed by atoms with E-state index in [0.29, 0.717) is 13.2 Å². The lowest BCUT2D eigenvalue weighted by molar-refractivity contribution is -0.171. The molecule has 0 unspecified atom stereocenters. The third-order valence-electron chi connectivity index (χ3n) is 4.61. The van der Waals surface area contributed by atoms with Crippen LogP contribution in [-0.4, -0.2) is 33.5 Å². The summed E-state index contributed by atoms with van der Waals surface area (Å²) in [5.41, 5.74) is 1.97. The molecule has 1 heterocycles. The second-order valence-electron chi connectivity index (χ2n) is 6.68. The average Bonchev–Trinajstić information content (AvgIpc) is 3.05. The van der Waals surface area contributed by atoms with Crippen molar-refractivity contribution in [3.63, 3.8) is 0 Å². The molecule has 146 valence electrons. The summed E-state index contributed by atoms with van der Waals surface area (Å²) in [4.78, 5) is 11.9. The molecule has 1 spiro atoms. The first kappa shape index (κ1) is 19.6. The van der Waals surface area contributed by atoms with E-state index < -0.39 is 21.9 Å². The van der Waals surface area contributed by atoms with Crippen molar-refractivity contribution < 1.29 is 27.4 Å². The Balaban J connectivity index is 1.53. The summed E-state index contributed by atoms with van der Waals surface area (Å²) in [6.07, 6.45) is 3.53. The Kier molecular flexibility index (Phi) is 5.69. The van der Waals surface area contributed by atoms with Crippen LogP contribution >= 0.6 is 0 Å². The summed E-state index contributed by atoms with van der Waals surface area (Å²) in [6.45, 7) is 6.75. The van der Waals surface area contributed by atoms with Gasteiger partial charge in [-0.25, -0.2) is 17.9 Å². The summed E-state index contributed by atoms with van der Waals surface area (Å²) < 4.78 is 42.6. The lowest BCUT2D eigenvalue weighted by Crippen LogP contribution is -2.33. The van der Waals surface area contributed by atoms with E-state index in [1.54, 1.807) is 18.2 Å². The molecule has 0 bridgehead atoms. The van der Waals surface area contributed by atoms with Gasteiger partial charge in [0.2, 0.25) is 0 Å². The van der Waals surface area contributed by atoms with Crippen LogP contribution in [0.2, 0.25) is 0 Å². The van der Waals surface area contributed by atoms with Crippen molar-refractivity contribution in [1.82, 2.24) is 4.72 Å². The fourth-order valence-corrected chi connectivity index (χ4v) is 4.04. The molecule has 1 aliphatic carbocycles. The number of rotatable bonds is 4. The Morgan fingerprint density at radius 2 is 1.78 bits per heavy atom. The third-order valence-corrected chi connectivity index (χ3v) is 5.93. The van der Waals surface area contributed by atoms with E-state index in [4.69, 9.17) is 14.2 Å². The molecule has 1 aliphatic heterocycles. The molecule has 7 nitrogen and oxygen atoms in total. The SMILES string of the molecule is C=C(C=C1CCC2(CC1)OCCO2)OC(=O)NS(=O)(=O)c1ccc(C)cc1. The van der Waals surface area contributed by atoms with Crippen LogP contribution in [0.15, 0.2) is 53.1 Å². The molecule has 2 aliphatic rings. The minimum absolute atomic E-state index is 0.0110. The first-order valence-electron chi connectivity index (χ1n) is 8.76. The van der Waals surface area contributed by atoms with Gasteiger partial charge < -0.3 is 14.2 Å². The Hall–Kier alpha value is -2.16. The number of amides is 1. The van der Waals surface area contributed by atoms with E-state index in [-0.39, 0.29) is 10.7 Å². The highest BCUT2D eigenvalue weighted by atomic mass is 32.2. The maximum atomic E-state index is 12.2. The van der Waals surface area contributed by atoms with Gasteiger partial charge in [-0.2, -0.15) is 0 Å². The summed E-state index contributed by atoms with van der Waals surface area (Å²) in [5, 5.41) is 0. The molecule has 1 amide bonds. The number of allylic oxidation sites excluding steroid dienone is 2. The lowest BCUT2D eigenvalue weighted by Gasteiger charge is -2.32. The molecule has 1 saturated heterocycles. The predicted molar refractivity (Wildman–Crippen MR) is 98.3 cm³/mol. The molecule has 1 aromatic rings. The fraction of sp³-hybridized carbons (Fsp3) is 0.421. The molecule has 27 heavy (non-hydrogen) atoms. The van der Waals surface area contributed by atoms with E-state index in [9.17, 15) is 13.2 Å². The van der Waals surface area contributed by atoms with E-state index >= 15 is 0 Å². The van der Waals surface area contributed by atoms with Crippen LogP contribution in [-0.2, 0) is 24.2 Å². The quantitative estimate of drug-likeness (QED) is 0.790. The molecule has 1 aromatic carbocycles. The van der Waals surface area contributed by atoms with Crippen LogP contribution in [0.5, 0.6) is 0 Å². The maximum absolute atomic E-state index is 12.2. The van der Waals surface area contributed by atoms with Gasteiger partial charge in [-0.05, 0) is 38.0 Å². The van der Waals surface area contributed by atoms with E-state index in [0.717, 1.165) is 36.8 Å². The van der Waals surface area contributed by atoms with Gasteiger partial charge in [0.1, 0.15) is 5.76 Å². The Labute approximate surface area is 159 Å². The lowest BCUT2D eigenvalue weighted by atomic mass is 9.89. The molecule has 0 aromatic heterocycles. The van der Waals surface area contributed by atoms with Crippen LogP contribution < -0.4 is 4.72 Å². The van der Waals surface area contributed by atoms with Gasteiger partial charge in [0.15, 0.2) is 5.79 Å². The van der Waals surface area contributed by atoms with Crippen molar-refractivity contribution in [3.05, 3.63) is 53.8 Å². The van der Waals surface area contributed by atoms with Gasteiger partial charge in [-0.15, -0.1) is 0 Å². The molecule has 2 fully saturated rings. The zero-order valence-corrected chi connectivity index (χ0v) is 16.0. The molecular formula is C19H23NO6S. The van der Waals surface area contributed by atoms with E-state index in [2.05, 4.69) is 6.58 Å². The minimum Gasteiger partial charge on any atom is -0.410 e. The number of benzene rings is 1. The van der Waals surface area contributed by atoms with Gasteiger partial charge in [-0.1, -0.05) is 29.8 Å². The highest BCUT2D eigenvalue weighted by Gasteiger charge is 2.38. The molecule has 0 atom stereocenters. The van der Waals surface area contributed by atoms with Gasteiger partial charge in [0.25, 0.3) is 10.0 Å². The zero-order valence-electron chi connectivity index (χ0n) is 15.2. The molecule has 1 saturated carbocycles. The van der Waals surface area contributed by atoms with Gasteiger partial charge in [0.05, 0.1) is 18.1 Å². The molecule has 1 N–H and O–H groups in total. The van der Waals surface area contributed by atoms with Crippen molar-refractivity contribution in [2.75, 3.05) is 13.2 Å². The van der Waals surface area contributed by atoms with Crippen molar-refractivity contribution in [3.8, 4) is 0 Å². The number of carbonyl (C=O) groups is 1. The number of sulfonamides is 1. The number of ether oxygens (including phenoxy) is 3. The standard InChI is InChI=1S/C19H23NO6S/c1-14-3-5-17(6-4-14)27(22,23)20-18(21)26-15(2)13-16-7-9-19(10-8-16)24-11-12-25-19/h3-6,13H,2,7-12H2,1H3,(H,20,21). The van der Waals surface area contributed by atoms with Crippen LogP contribution in [0, 0.1) is 6.92 Å². The Bertz CT molecular complexity index is 839. The zero-order chi connectivity index (χ0) is 19.5. The summed E-state index contributed by atoms with van der Waals surface area (Å²) in [6, 6.07) is 6.15. The third kappa shape index (κ3) is 4.97. The van der Waals surface area contributed by atoms with E-state index in [1.165, 1.54) is 12.1 Å². The van der Waals surface area contributed by atoms with Crippen molar-refractivity contribution >= 4 is 16.1 Å². The Morgan fingerprint density at radius 3 is 2.37 bits per heavy atom. The summed E-state index contributed by atoms with van der Waals surface area (Å²) >= 11 is 0. The van der Waals surface area contributed by atoms with Gasteiger partial charge >= 0.3 is 6.09 Å². The number of nitrogens with one attached hydrogen (secondary N) is 1. The number of hydrogen-bond acceptors (Lipinski definition) is 6. The number of carbonyl (C=O) groups excluding carboxylic acids is 1. The molecule has 3 rings (SSSR count). The second-order valence-corrected chi connectivity index (χ2v) is 8.37. The van der Waals surface area contributed by atoms with E-state index in [1.807, 2.05) is 11.6 Å². The molecular weight excluding hydrogens is 370 g/mol. The van der Waals surface area contributed by atoms with Crippen molar-refractivity contribution in [2.45, 2.75) is 43.3 Å². The smallest absolute Gasteiger partial charge is 0.410 e. The largest absolute Gasteiger partial charge is 0.426 e. The monoisotopic (exact) mass is 393 g/mol. The topological polar surface area (TPSA) is 90.9 Å². The second kappa shape index (κ2) is 7.84. The molecule has 8 heteroatoms. The van der Waals surface area contributed by atoms with Crippen LogP contribution in [0.25, 0.3) is 0 Å². The van der Waals surface area contributed by atoms with Crippen LogP contribution in [0.4, 0.5) is 4.79 Å². The maximum Gasteiger partial charge on any atom is 0.426 e. The minimum atomic E-state index is -3.99. The summed E-state index contributed by atoms with van der Waals surface area (Å²) in [7, 11) is -3.99. The highest BCUT2D eigenvalue weighted by molar-refractivity contribution is 7.90. The highest BCUT2D eigenvalue weighted by Crippen LogP contribution is 2.38. The van der Waals surface area contributed by atoms with Gasteiger partial charge in [0, 0.05) is 12.8 Å². The first-order chi connectivity index (χ1) is 12.8. The van der Waals surface area contributed by atoms with Crippen LogP contribution in [0.1, 0.15) is 31.2 Å². The van der Waals surface area contributed by atoms with Crippen LogP contribution in [0.3, 0.4) is 0 Å². The number of aryl methyl sites for hydroxylation is 1. The summed E-state index contributed by atoms with van der Waals surface area (Å²) in [5.74, 6) is -0.384. The average molecular weight is 393 g/mol. The molecule has 0 radical (unpaired) electrons. The first-order valence-corrected chi connectivity index (χ1v) is 10.2. The van der Waals surface area contributed by atoms with Gasteiger partial charge in [-0.3, -0.25) is 0 Å².